The topological polar surface area (TPSA) is 82.2 Å². The first-order valence-corrected chi connectivity index (χ1v) is 4.35. The standard InChI is InChI=1S/C6H11N5S/c1-11-3-2-9-5(11)4-12-6(7)10-8/h2-3H,4,8H2,1H3,(H2,7,10). The van der Waals surface area contributed by atoms with Crippen molar-refractivity contribution in [3.8, 4) is 0 Å². The predicted molar refractivity (Wildman–Crippen MR) is 50.3 cm³/mol. The van der Waals surface area contributed by atoms with Gasteiger partial charge in [0, 0.05) is 19.4 Å². The van der Waals surface area contributed by atoms with E-state index in [4.69, 9.17) is 11.6 Å². The van der Waals surface area contributed by atoms with Crippen molar-refractivity contribution in [2.45, 2.75) is 5.75 Å². The van der Waals surface area contributed by atoms with E-state index in [1.165, 1.54) is 11.8 Å². The first-order valence-electron chi connectivity index (χ1n) is 3.36. The third-order valence-corrected chi connectivity index (χ3v) is 2.20. The minimum absolute atomic E-state index is 0.373. The number of amidine groups is 1. The van der Waals surface area contributed by atoms with Gasteiger partial charge in [-0.1, -0.05) is 11.8 Å². The molecule has 0 amide bonds. The molecule has 0 aliphatic heterocycles. The molecular weight excluding hydrogens is 174 g/mol. The van der Waals surface area contributed by atoms with Gasteiger partial charge in [0.05, 0.1) is 5.75 Å². The molecule has 0 aromatic carbocycles. The van der Waals surface area contributed by atoms with E-state index in [0.717, 1.165) is 5.82 Å². The molecule has 0 aliphatic carbocycles. The van der Waals surface area contributed by atoms with Gasteiger partial charge in [0.2, 0.25) is 0 Å². The second-order valence-corrected chi connectivity index (χ2v) is 3.21. The monoisotopic (exact) mass is 185 g/mol. The Hall–Kier alpha value is -1.17. The van der Waals surface area contributed by atoms with E-state index in [1.807, 2.05) is 17.8 Å². The number of aryl methyl sites for hydroxylation is 1. The number of rotatable bonds is 2. The maximum atomic E-state index is 5.39. The maximum Gasteiger partial charge on any atom is 0.177 e. The van der Waals surface area contributed by atoms with Crippen molar-refractivity contribution in [3.63, 3.8) is 0 Å². The molecule has 1 aromatic heterocycles. The number of imidazole rings is 1. The van der Waals surface area contributed by atoms with E-state index in [-0.39, 0.29) is 0 Å². The molecular formula is C6H11N5S. The third kappa shape index (κ3) is 2.16. The number of nitrogens with two attached hydrogens (primary N) is 2. The van der Waals surface area contributed by atoms with E-state index < -0.39 is 0 Å². The fourth-order valence-corrected chi connectivity index (χ4v) is 1.34. The molecule has 1 rings (SSSR count). The van der Waals surface area contributed by atoms with Crippen molar-refractivity contribution in [1.82, 2.24) is 9.55 Å². The fourth-order valence-electron chi connectivity index (χ4n) is 0.711. The van der Waals surface area contributed by atoms with E-state index in [1.54, 1.807) is 6.20 Å². The van der Waals surface area contributed by atoms with Crippen LogP contribution >= 0.6 is 11.8 Å². The van der Waals surface area contributed by atoms with Gasteiger partial charge >= 0.3 is 0 Å². The molecule has 6 heteroatoms. The van der Waals surface area contributed by atoms with Crippen LogP contribution in [0.4, 0.5) is 0 Å². The smallest absolute Gasteiger partial charge is 0.177 e. The molecule has 0 bridgehead atoms. The van der Waals surface area contributed by atoms with Crippen LogP contribution in [0.1, 0.15) is 5.82 Å². The summed E-state index contributed by atoms with van der Waals surface area (Å²) in [7, 11) is 1.93. The lowest BCUT2D eigenvalue weighted by atomic mass is 10.7. The van der Waals surface area contributed by atoms with E-state index in [0.29, 0.717) is 10.9 Å². The Balaban J connectivity index is 2.49. The summed E-state index contributed by atoms with van der Waals surface area (Å²) in [5.74, 6) is 6.61. The summed E-state index contributed by atoms with van der Waals surface area (Å²) in [6.45, 7) is 0. The van der Waals surface area contributed by atoms with Crippen molar-refractivity contribution in [1.29, 1.82) is 0 Å². The van der Waals surface area contributed by atoms with Crippen molar-refractivity contribution in [2.24, 2.45) is 23.7 Å². The Morgan fingerprint density at radius 1 is 1.83 bits per heavy atom. The second-order valence-electron chi connectivity index (χ2n) is 2.21. The fraction of sp³-hybridized carbons (Fsp3) is 0.333. The zero-order valence-electron chi connectivity index (χ0n) is 6.77. The number of thioether (sulfide) groups is 1. The lowest BCUT2D eigenvalue weighted by molar-refractivity contribution is 0.850. The normalized spacial score (nSPS) is 11.9. The van der Waals surface area contributed by atoms with Crippen molar-refractivity contribution in [3.05, 3.63) is 18.2 Å². The van der Waals surface area contributed by atoms with Crippen LogP contribution in [0.2, 0.25) is 0 Å². The molecule has 0 unspecified atom stereocenters. The van der Waals surface area contributed by atoms with Crippen LogP contribution in [-0.4, -0.2) is 14.7 Å². The van der Waals surface area contributed by atoms with Crippen LogP contribution in [0.25, 0.3) is 0 Å². The summed E-state index contributed by atoms with van der Waals surface area (Å²) < 4.78 is 1.93. The number of hydrogen-bond acceptors (Lipinski definition) is 4. The van der Waals surface area contributed by atoms with Crippen LogP contribution in [0, 0.1) is 0 Å². The number of nitrogens with zero attached hydrogens (tertiary/aromatic N) is 3. The van der Waals surface area contributed by atoms with Gasteiger partial charge in [-0.3, -0.25) is 0 Å². The molecule has 0 aliphatic rings. The Bertz CT molecular complexity index is 279. The molecule has 0 radical (unpaired) electrons. The average Bonchev–Trinajstić information content (AvgIpc) is 2.47. The van der Waals surface area contributed by atoms with Gasteiger partial charge in [0.1, 0.15) is 5.82 Å². The molecule has 0 spiro atoms. The van der Waals surface area contributed by atoms with Gasteiger partial charge in [-0.05, 0) is 0 Å². The first-order chi connectivity index (χ1) is 5.74. The van der Waals surface area contributed by atoms with E-state index in [9.17, 15) is 0 Å². The zero-order valence-corrected chi connectivity index (χ0v) is 7.58. The Morgan fingerprint density at radius 3 is 3.08 bits per heavy atom. The van der Waals surface area contributed by atoms with Crippen LogP contribution in [0.15, 0.2) is 17.5 Å². The number of hydrazone groups is 1. The number of aromatic nitrogens is 2. The molecule has 12 heavy (non-hydrogen) atoms. The summed E-state index contributed by atoms with van der Waals surface area (Å²) in [4.78, 5) is 4.11. The zero-order chi connectivity index (χ0) is 8.97. The minimum atomic E-state index is 0.373. The van der Waals surface area contributed by atoms with Crippen LogP contribution in [-0.2, 0) is 12.8 Å². The van der Waals surface area contributed by atoms with Gasteiger partial charge < -0.3 is 16.1 Å². The molecule has 1 heterocycles. The van der Waals surface area contributed by atoms with Crippen molar-refractivity contribution in [2.75, 3.05) is 0 Å². The minimum Gasteiger partial charge on any atom is -0.377 e. The van der Waals surface area contributed by atoms with Crippen LogP contribution < -0.4 is 11.6 Å². The highest BCUT2D eigenvalue weighted by Crippen LogP contribution is 2.08. The molecule has 4 N–H and O–H groups in total. The molecule has 66 valence electrons. The lowest BCUT2D eigenvalue weighted by Gasteiger charge is -1.99. The van der Waals surface area contributed by atoms with Crippen LogP contribution in [0.3, 0.4) is 0 Å². The summed E-state index contributed by atoms with van der Waals surface area (Å²) >= 11 is 1.37. The molecule has 1 aromatic rings. The largest absolute Gasteiger partial charge is 0.377 e. The van der Waals surface area contributed by atoms with E-state index >= 15 is 0 Å². The summed E-state index contributed by atoms with van der Waals surface area (Å²) in [5, 5.41) is 3.71. The molecule has 0 atom stereocenters. The molecule has 0 fully saturated rings. The summed E-state index contributed by atoms with van der Waals surface area (Å²) in [6, 6.07) is 0. The maximum absolute atomic E-state index is 5.39. The van der Waals surface area contributed by atoms with Gasteiger partial charge in [-0.2, -0.15) is 5.10 Å². The quantitative estimate of drug-likeness (QED) is 0.290. The highest BCUT2D eigenvalue weighted by atomic mass is 32.2. The Morgan fingerprint density at radius 2 is 2.58 bits per heavy atom. The van der Waals surface area contributed by atoms with Gasteiger partial charge in [0.25, 0.3) is 0 Å². The van der Waals surface area contributed by atoms with Crippen molar-refractivity contribution < 1.29 is 0 Å². The predicted octanol–water partition coefficient (Wildman–Crippen LogP) is -0.158. The second kappa shape index (κ2) is 4.01. The average molecular weight is 185 g/mol. The van der Waals surface area contributed by atoms with Gasteiger partial charge in [0.15, 0.2) is 5.17 Å². The molecule has 0 saturated carbocycles. The highest BCUT2D eigenvalue weighted by Gasteiger charge is 2.00. The van der Waals surface area contributed by atoms with Crippen LogP contribution in [0.5, 0.6) is 0 Å². The van der Waals surface area contributed by atoms with E-state index in [2.05, 4.69) is 10.1 Å². The first kappa shape index (κ1) is 8.92. The Kier molecular flexibility index (Phi) is 2.98. The SMILES string of the molecule is Cn1ccnc1CSC(N)=NN. The van der Waals surface area contributed by atoms with Gasteiger partial charge in [-0.25, -0.2) is 4.98 Å². The lowest BCUT2D eigenvalue weighted by Crippen LogP contribution is -2.10. The molecule has 5 nitrogen and oxygen atoms in total. The Labute approximate surface area is 74.8 Å². The highest BCUT2D eigenvalue weighted by molar-refractivity contribution is 8.13. The summed E-state index contributed by atoms with van der Waals surface area (Å²) in [6.07, 6.45) is 3.62. The third-order valence-electron chi connectivity index (χ3n) is 1.40. The number of hydrogen-bond donors (Lipinski definition) is 2. The molecule has 0 saturated heterocycles. The summed E-state index contributed by atoms with van der Waals surface area (Å²) in [5.41, 5.74) is 5.39. The van der Waals surface area contributed by atoms with Gasteiger partial charge in [-0.15, -0.1) is 0 Å². The van der Waals surface area contributed by atoms with Crippen molar-refractivity contribution >= 4 is 16.9 Å².